The minimum Gasteiger partial charge on any atom is -0.393 e. The fourth-order valence-corrected chi connectivity index (χ4v) is 2.39. The number of ether oxygens (including phenoxy) is 1. The lowest BCUT2D eigenvalue weighted by Crippen LogP contribution is -2.60. The molecule has 7 nitrogen and oxygen atoms in total. The minimum absolute atomic E-state index is 0.343. The van der Waals surface area contributed by atoms with Crippen LogP contribution in [0.4, 0.5) is 0 Å². The lowest BCUT2D eigenvalue weighted by molar-refractivity contribution is -0.215. The summed E-state index contributed by atoms with van der Waals surface area (Å²) < 4.78 is 5.46. The Labute approximate surface area is 85.9 Å². The van der Waals surface area contributed by atoms with Crippen LogP contribution in [0.3, 0.4) is 0 Å². The summed E-state index contributed by atoms with van der Waals surface area (Å²) in [4.78, 5) is 2.62. The number of hydrogen-bond donors (Lipinski definition) is 3. The van der Waals surface area contributed by atoms with Crippen LogP contribution in [-0.2, 0) is 4.74 Å². The van der Waals surface area contributed by atoms with Crippen LogP contribution in [0.5, 0.6) is 0 Å². The van der Waals surface area contributed by atoms with Crippen LogP contribution >= 0.6 is 0 Å². The molecule has 0 amide bonds. The van der Waals surface area contributed by atoms with Crippen molar-refractivity contribution < 1.29 is 20.1 Å². The average molecular weight is 215 g/mol. The maximum Gasteiger partial charge on any atom is 0.120 e. The Balaban J connectivity index is 2.28. The van der Waals surface area contributed by atoms with Gasteiger partial charge in [-0.2, -0.15) is 0 Å². The molecule has 84 valence electrons. The van der Waals surface area contributed by atoms with Gasteiger partial charge in [0.05, 0.1) is 24.9 Å². The van der Waals surface area contributed by atoms with Crippen LogP contribution < -0.4 is 0 Å². The third-order valence-corrected chi connectivity index (χ3v) is 3.28. The first-order chi connectivity index (χ1) is 7.14. The molecule has 0 aliphatic carbocycles. The zero-order chi connectivity index (χ0) is 11.1. The van der Waals surface area contributed by atoms with E-state index in [4.69, 9.17) is 10.3 Å². The summed E-state index contributed by atoms with van der Waals surface area (Å²) in [5, 5.41) is 32.1. The summed E-state index contributed by atoms with van der Waals surface area (Å²) in [6.45, 7) is -0.343. The highest BCUT2D eigenvalue weighted by Crippen LogP contribution is 2.42. The van der Waals surface area contributed by atoms with Gasteiger partial charge in [-0.1, -0.05) is 5.11 Å². The van der Waals surface area contributed by atoms with Gasteiger partial charge in [0.1, 0.15) is 11.7 Å². The molecule has 2 saturated heterocycles. The van der Waals surface area contributed by atoms with Crippen LogP contribution in [0.1, 0.15) is 12.8 Å². The van der Waals surface area contributed by atoms with Crippen LogP contribution in [0.25, 0.3) is 10.4 Å². The van der Waals surface area contributed by atoms with Crippen LogP contribution in [0.2, 0.25) is 0 Å². The number of rotatable bonds is 2. The molecule has 2 aliphatic heterocycles. The van der Waals surface area contributed by atoms with Crippen LogP contribution in [-0.4, -0.2) is 51.9 Å². The molecule has 2 rings (SSSR count). The van der Waals surface area contributed by atoms with Gasteiger partial charge in [-0.15, -0.1) is 0 Å². The third kappa shape index (κ3) is 1.40. The standard InChI is InChI=1S/C8H13N3O4/c9-11-10-5-4-1-2-8(3-12,15-4)7(14)6(5)13/h4-7,12-14H,1-3H2/t4-,5+,6-,7-,8-/m1/s1. The van der Waals surface area contributed by atoms with E-state index in [0.717, 1.165) is 0 Å². The Hall–Kier alpha value is -0.850. The van der Waals surface area contributed by atoms with Crippen molar-refractivity contribution in [2.75, 3.05) is 6.61 Å². The largest absolute Gasteiger partial charge is 0.393 e. The van der Waals surface area contributed by atoms with Crippen molar-refractivity contribution in [1.82, 2.24) is 0 Å². The summed E-state index contributed by atoms with van der Waals surface area (Å²) in [7, 11) is 0. The quantitative estimate of drug-likeness (QED) is 0.321. The highest BCUT2D eigenvalue weighted by molar-refractivity contribution is 5.09. The van der Waals surface area contributed by atoms with Gasteiger partial charge in [0, 0.05) is 4.91 Å². The Kier molecular flexibility index (Phi) is 2.57. The molecule has 0 aromatic rings. The second kappa shape index (κ2) is 3.62. The molecule has 2 fully saturated rings. The molecule has 0 aromatic heterocycles. The molecule has 0 saturated carbocycles. The smallest absolute Gasteiger partial charge is 0.120 e. The second-order valence-corrected chi connectivity index (χ2v) is 4.05. The van der Waals surface area contributed by atoms with E-state index < -0.39 is 30.0 Å². The topological polar surface area (TPSA) is 119 Å². The van der Waals surface area contributed by atoms with E-state index in [9.17, 15) is 15.3 Å². The SMILES string of the molecule is [N-]=[N+]=N[C@@H]1[C@@H](O)[C@@H](O)[C@]2(CO)CC[C@H]1O2. The van der Waals surface area contributed by atoms with Crippen molar-refractivity contribution in [2.45, 2.75) is 42.8 Å². The van der Waals surface area contributed by atoms with E-state index in [1.165, 1.54) is 0 Å². The number of azide groups is 1. The maximum absolute atomic E-state index is 9.79. The number of fused-ring (bicyclic) bond motifs is 2. The molecular weight excluding hydrogens is 202 g/mol. The Morgan fingerprint density at radius 1 is 1.53 bits per heavy atom. The molecule has 15 heavy (non-hydrogen) atoms. The number of aliphatic hydroxyl groups is 3. The molecule has 5 atom stereocenters. The Morgan fingerprint density at radius 3 is 2.87 bits per heavy atom. The van der Waals surface area contributed by atoms with E-state index in [1.807, 2.05) is 0 Å². The molecule has 0 radical (unpaired) electrons. The molecule has 0 spiro atoms. The van der Waals surface area contributed by atoms with Gasteiger partial charge in [0.25, 0.3) is 0 Å². The Bertz CT molecular complexity index is 306. The van der Waals surface area contributed by atoms with Gasteiger partial charge in [-0.25, -0.2) is 0 Å². The van der Waals surface area contributed by atoms with E-state index in [-0.39, 0.29) is 6.61 Å². The summed E-state index contributed by atoms with van der Waals surface area (Å²) in [6.07, 6.45) is -1.76. The van der Waals surface area contributed by atoms with Crippen LogP contribution in [0.15, 0.2) is 5.11 Å². The van der Waals surface area contributed by atoms with Crippen molar-refractivity contribution in [2.24, 2.45) is 5.11 Å². The molecule has 3 N–H and O–H groups in total. The van der Waals surface area contributed by atoms with Crippen molar-refractivity contribution in [3.8, 4) is 0 Å². The first-order valence-corrected chi connectivity index (χ1v) is 4.83. The van der Waals surface area contributed by atoms with E-state index in [2.05, 4.69) is 10.0 Å². The number of hydrogen-bond acceptors (Lipinski definition) is 5. The Morgan fingerprint density at radius 2 is 2.27 bits per heavy atom. The monoisotopic (exact) mass is 215 g/mol. The summed E-state index contributed by atoms with van der Waals surface area (Å²) >= 11 is 0. The fraction of sp³-hybridized carbons (Fsp3) is 1.00. The number of nitrogens with zero attached hydrogens (tertiary/aromatic N) is 3. The molecule has 0 aromatic carbocycles. The molecule has 2 bridgehead atoms. The van der Waals surface area contributed by atoms with Gasteiger partial charge in [0.2, 0.25) is 0 Å². The van der Waals surface area contributed by atoms with Crippen LogP contribution in [0, 0.1) is 0 Å². The highest BCUT2D eigenvalue weighted by Gasteiger charge is 2.57. The zero-order valence-corrected chi connectivity index (χ0v) is 8.02. The van der Waals surface area contributed by atoms with Gasteiger partial charge in [-0.05, 0) is 18.4 Å². The average Bonchev–Trinajstić information content (AvgIpc) is 2.65. The molecule has 2 aliphatic rings. The first-order valence-electron chi connectivity index (χ1n) is 4.83. The van der Waals surface area contributed by atoms with Crippen molar-refractivity contribution >= 4 is 0 Å². The lowest BCUT2D eigenvalue weighted by atomic mass is 9.89. The van der Waals surface area contributed by atoms with Crippen molar-refractivity contribution in [3.63, 3.8) is 0 Å². The summed E-state index contributed by atoms with van der Waals surface area (Å²) in [5.74, 6) is 0. The minimum atomic E-state index is -1.21. The first kappa shape index (κ1) is 10.7. The van der Waals surface area contributed by atoms with Gasteiger partial charge < -0.3 is 20.1 Å². The molecule has 2 heterocycles. The highest BCUT2D eigenvalue weighted by atomic mass is 16.6. The third-order valence-electron chi connectivity index (χ3n) is 3.28. The molecule has 7 heteroatoms. The predicted octanol–water partition coefficient (Wildman–Crippen LogP) is -0.689. The molecular formula is C8H13N3O4. The van der Waals surface area contributed by atoms with E-state index in [1.54, 1.807) is 0 Å². The van der Waals surface area contributed by atoms with E-state index >= 15 is 0 Å². The van der Waals surface area contributed by atoms with Crippen molar-refractivity contribution in [3.05, 3.63) is 10.4 Å². The normalized spacial score (nSPS) is 48.7. The number of aliphatic hydroxyl groups excluding tert-OH is 3. The zero-order valence-electron chi connectivity index (χ0n) is 8.02. The van der Waals surface area contributed by atoms with Gasteiger partial charge >= 0.3 is 0 Å². The van der Waals surface area contributed by atoms with E-state index in [0.29, 0.717) is 12.8 Å². The maximum atomic E-state index is 9.79. The summed E-state index contributed by atoms with van der Waals surface area (Å²) in [5.41, 5.74) is 7.25. The predicted molar refractivity (Wildman–Crippen MR) is 48.9 cm³/mol. The lowest BCUT2D eigenvalue weighted by Gasteiger charge is -2.42. The second-order valence-electron chi connectivity index (χ2n) is 4.05. The van der Waals surface area contributed by atoms with Crippen molar-refractivity contribution in [1.29, 1.82) is 0 Å². The van der Waals surface area contributed by atoms with Gasteiger partial charge in [-0.3, -0.25) is 0 Å². The fourth-order valence-electron chi connectivity index (χ4n) is 2.39. The van der Waals surface area contributed by atoms with Gasteiger partial charge in [0.15, 0.2) is 0 Å². The summed E-state index contributed by atoms with van der Waals surface area (Å²) in [6, 6.07) is -0.771. The molecule has 0 unspecified atom stereocenters.